The number of nitriles is 1. The number of carbonyl (C=O) groups excluding carboxylic acids is 1. The standard InChI is InChI=1S/C24H18ClN5OS/c1-16-6-8-17(9-7-16)23-28-29-24(30(23)20-12-10-19(25)11-13-20)32-15-22(31)27-21-5-3-2-4-18(21)14-26/h2-13H,15H2,1H3,(H,27,31). The Bertz CT molecular complexity index is 1290. The van der Waals surface area contributed by atoms with Gasteiger partial charge in [-0.15, -0.1) is 10.2 Å². The fraction of sp³-hybridized carbons (Fsp3) is 0.0833. The molecule has 0 unspecified atom stereocenters. The van der Waals surface area contributed by atoms with Crippen molar-refractivity contribution in [3.63, 3.8) is 0 Å². The van der Waals surface area contributed by atoms with Crippen molar-refractivity contribution in [1.29, 1.82) is 5.26 Å². The quantitative estimate of drug-likeness (QED) is 0.385. The summed E-state index contributed by atoms with van der Waals surface area (Å²) in [7, 11) is 0. The normalized spacial score (nSPS) is 10.5. The number of carbonyl (C=O) groups is 1. The zero-order chi connectivity index (χ0) is 22.5. The predicted octanol–water partition coefficient (Wildman–Crippen LogP) is 5.50. The van der Waals surface area contributed by atoms with Crippen LogP contribution in [0.3, 0.4) is 0 Å². The molecule has 1 amide bonds. The predicted molar refractivity (Wildman–Crippen MR) is 127 cm³/mol. The summed E-state index contributed by atoms with van der Waals surface area (Å²) in [5.41, 5.74) is 3.80. The van der Waals surface area contributed by atoms with Crippen molar-refractivity contribution in [3.05, 3.63) is 88.9 Å². The number of rotatable bonds is 6. The van der Waals surface area contributed by atoms with Gasteiger partial charge in [0.15, 0.2) is 11.0 Å². The molecule has 1 aromatic heterocycles. The third kappa shape index (κ3) is 4.83. The second kappa shape index (κ2) is 9.69. The summed E-state index contributed by atoms with van der Waals surface area (Å²) in [6.45, 7) is 2.03. The van der Waals surface area contributed by atoms with Gasteiger partial charge in [0.25, 0.3) is 0 Å². The Labute approximate surface area is 194 Å². The first-order valence-corrected chi connectivity index (χ1v) is 11.1. The molecule has 0 fully saturated rings. The van der Waals surface area contributed by atoms with Crippen molar-refractivity contribution >= 4 is 35.0 Å². The van der Waals surface area contributed by atoms with E-state index in [1.54, 1.807) is 36.4 Å². The van der Waals surface area contributed by atoms with Crippen molar-refractivity contribution < 1.29 is 4.79 Å². The van der Waals surface area contributed by atoms with E-state index in [2.05, 4.69) is 21.6 Å². The van der Waals surface area contributed by atoms with Crippen molar-refractivity contribution in [1.82, 2.24) is 14.8 Å². The number of anilines is 1. The lowest BCUT2D eigenvalue weighted by atomic mass is 10.1. The third-order valence-electron chi connectivity index (χ3n) is 4.68. The summed E-state index contributed by atoms with van der Waals surface area (Å²) in [6, 6.07) is 24.4. The summed E-state index contributed by atoms with van der Waals surface area (Å²) in [6.07, 6.45) is 0. The van der Waals surface area contributed by atoms with E-state index in [-0.39, 0.29) is 11.7 Å². The molecule has 0 saturated carbocycles. The van der Waals surface area contributed by atoms with Crippen LogP contribution in [0.25, 0.3) is 17.1 Å². The molecular weight excluding hydrogens is 442 g/mol. The molecule has 0 saturated heterocycles. The number of aromatic nitrogens is 3. The topological polar surface area (TPSA) is 83.6 Å². The van der Waals surface area contributed by atoms with Gasteiger partial charge in [-0.05, 0) is 43.3 Å². The minimum atomic E-state index is -0.236. The molecular formula is C24H18ClN5OS. The Hall–Kier alpha value is -3.60. The average molecular weight is 460 g/mol. The molecule has 0 aliphatic rings. The van der Waals surface area contributed by atoms with E-state index in [0.29, 0.717) is 27.3 Å². The molecule has 1 N–H and O–H groups in total. The van der Waals surface area contributed by atoms with Crippen molar-refractivity contribution in [2.75, 3.05) is 11.1 Å². The Morgan fingerprint density at radius 2 is 1.78 bits per heavy atom. The van der Waals surface area contributed by atoms with Gasteiger partial charge >= 0.3 is 0 Å². The molecule has 0 radical (unpaired) electrons. The van der Waals surface area contributed by atoms with Crippen LogP contribution in [-0.4, -0.2) is 26.4 Å². The van der Waals surface area contributed by atoms with Crippen LogP contribution >= 0.6 is 23.4 Å². The number of aryl methyl sites for hydroxylation is 1. The second-order valence-corrected chi connectivity index (χ2v) is 8.36. The Morgan fingerprint density at radius 1 is 1.06 bits per heavy atom. The van der Waals surface area contributed by atoms with Crippen molar-refractivity contribution in [3.8, 4) is 23.1 Å². The minimum Gasteiger partial charge on any atom is -0.324 e. The zero-order valence-corrected chi connectivity index (χ0v) is 18.7. The van der Waals surface area contributed by atoms with Crippen LogP contribution < -0.4 is 5.32 Å². The van der Waals surface area contributed by atoms with Crippen LogP contribution in [0.2, 0.25) is 5.02 Å². The number of nitrogens with one attached hydrogen (secondary N) is 1. The highest BCUT2D eigenvalue weighted by Gasteiger charge is 2.18. The van der Waals surface area contributed by atoms with Crippen LogP contribution in [0.15, 0.2) is 78.0 Å². The highest BCUT2D eigenvalue weighted by Crippen LogP contribution is 2.29. The molecule has 0 aliphatic heterocycles. The van der Waals surface area contributed by atoms with Gasteiger partial charge < -0.3 is 5.32 Å². The maximum absolute atomic E-state index is 12.5. The summed E-state index contributed by atoms with van der Waals surface area (Å²) in [4.78, 5) is 12.5. The molecule has 4 aromatic rings. The van der Waals surface area contributed by atoms with Crippen LogP contribution in [-0.2, 0) is 4.79 Å². The third-order valence-corrected chi connectivity index (χ3v) is 5.86. The number of halogens is 1. The summed E-state index contributed by atoms with van der Waals surface area (Å²) < 4.78 is 1.90. The van der Waals surface area contributed by atoms with Gasteiger partial charge in [0.1, 0.15) is 6.07 Å². The Balaban J connectivity index is 1.61. The van der Waals surface area contributed by atoms with E-state index in [0.717, 1.165) is 16.8 Å². The number of para-hydroxylation sites is 1. The van der Waals surface area contributed by atoms with E-state index in [1.165, 1.54) is 11.8 Å². The lowest BCUT2D eigenvalue weighted by Gasteiger charge is -2.11. The molecule has 158 valence electrons. The minimum absolute atomic E-state index is 0.110. The molecule has 8 heteroatoms. The monoisotopic (exact) mass is 459 g/mol. The van der Waals surface area contributed by atoms with Crippen LogP contribution in [0.5, 0.6) is 0 Å². The molecule has 32 heavy (non-hydrogen) atoms. The van der Waals surface area contributed by atoms with Crippen LogP contribution in [0.1, 0.15) is 11.1 Å². The van der Waals surface area contributed by atoms with E-state index >= 15 is 0 Å². The first-order chi connectivity index (χ1) is 15.5. The molecule has 1 heterocycles. The molecule has 0 spiro atoms. The highest BCUT2D eigenvalue weighted by molar-refractivity contribution is 7.99. The van der Waals surface area contributed by atoms with Gasteiger partial charge in [0.05, 0.1) is 17.0 Å². The van der Waals surface area contributed by atoms with Gasteiger partial charge in [-0.1, -0.05) is 65.3 Å². The van der Waals surface area contributed by atoms with Crippen molar-refractivity contribution in [2.45, 2.75) is 12.1 Å². The SMILES string of the molecule is Cc1ccc(-c2nnc(SCC(=O)Nc3ccccc3C#N)n2-c2ccc(Cl)cc2)cc1. The molecule has 0 atom stereocenters. The molecule has 6 nitrogen and oxygen atoms in total. The first kappa shape index (κ1) is 21.6. The summed E-state index contributed by atoms with van der Waals surface area (Å²) >= 11 is 7.34. The van der Waals surface area contributed by atoms with E-state index in [9.17, 15) is 10.1 Å². The smallest absolute Gasteiger partial charge is 0.234 e. The summed E-state index contributed by atoms with van der Waals surface area (Å²) in [5.74, 6) is 0.546. The van der Waals surface area contributed by atoms with Crippen LogP contribution in [0.4, 0.5) is 5.69 Å². The fourth-order valence-electron chi connectivity index (χ4n) is 3.08. The lowest BCUT2D eigenvalue weighted by molar-refractivity contribution is -0.113. The number of nitrogens with zero attached hydrogens (tertiary/aromatic N) is 4. The van der Waals surface area contributed by atoms with Gasteiger partial charge in [0, 0.05) is 16.3 Å². The van der Waals surface area contributed by atoms with Gasteiger partial charge in [-0.25, -0.2) is 0 Å². The number of hydrogen-bond acceptors (Lipinski definition) is 5. The molecule has 3 aromatic carbocycles. The summed E-state index contributed by atoms with van der Waals surface area (Å²) in [5, 5.41) is 21.9. The highest BCUT2D eigenvalue weighted by atomic mass is 35.5. The Kier molecular flexibility index (Phi) is 6.55. The number of benzene rings is 3. The van der Waals surface area contributed by atoms with Crippen LogP contribution in [0, 0.1) is 18.3 Å². The first-order valence-electron chi connectivity index (χ1n) is 9.75. The Morgan fingerprint density at radius 3 is 2.50 bits per heavy atom. The zero-order valence-electron chi connectivity index (χ0n) is 17.1. The largest absolute Gasteiger partial charge is 0.324 e. The number of hydrogen-bond donors (Lipinski definition) is 1. The molecule has 0 aliphatic carbocycles. The maximum atomic E-state index is 12.5. The average Bonchev–Trinajstić information content (AvgIpc) is 3.23. The molecule has 0 bridgehead atoms. The van der Waals surface area contributed by atoms with Crippen molar-refractivity contribution in [2.24, 2.45) is 0 Å². The second-order valence-electron chi connectivity index (χ2n) is 6.98. The maximum Gasteiger partial charge on any atom is 0.234 e. The fourth-order valence-corrected chi connectivity index (χ4v) is 3.96. The van der Waals surface area contributed by atoms with Gasteiger partial charge in [-0.3, -0.25) is 9.36 Å². The number of thioether (sulfide) groups is 1. The van der Waals surface area contributed by atoms with E-state index < -0.39 is 0 Å². The van der Waals surface area contributed by atoms with Gasteiger partial charge in [0.2, 0.25) is 5.91 Å². The lowest BCUT2D eigenvalue weighted by Crippen LogP contribution is -2.15. The molecule has 4 rings (SSSR count). The van der Waals surface area contributed by atoms with E-state index in [4.69, 9.17) is 11.6 Å². The number of amides is 1. The van der Waals surface area contributed by atoms with Gasteiger partial charge in [-0.2, -0.15) is 5.26 Å². The van der Waals surface area contributed by atoms with E-state index in [1.807, 2.05) is 47.9 Å².